The lowest BCUT2D eigenvalue weighted by Crippen LogP contribution is -2.47. The minimum absolute atomic E-state index is 0.0405. The number of nitrogens with zero attached hydrogens (tertiary/aromatic N) is 1. The van der Waals surface area contributed by atoms with Gasteiger partial charge < -0.3 is 19.4 Å². The lowest BCUT2D eigenvalue weighted by molar-refractivity contribution is -0.870. The topological polar surface area (TPSA) is 111 Å². The Kier molecular flexibility index (Phi) is 61.5. The molecule has 0 aromatic carbocycles. The second-order valence-electron chi connectivity index (χ2n) is 25.8. The molecule has 0 heterocycles. The number of quaternary nitrogens is 1. The number of ether oxygens (including phenoxy) is 1. The number of amides is 1. The van der Waals surface area contributed by atoms with Crippen LogP contribution in [0.1, 0.15) is 355 Å². The lowest BCUT2D eigenvalue weighted by atomic mass is 10.0. The summed E-state index contributed by atoms with van der Waals surface area (Å²) in [6, 6.07) is -0.850. The van der Waals surface area contributed by atoms with Gasteiger partial charge in [0, 0.05) is 12.8 Å². The Hall–Kier alpha value is -2.03. The standard InChI is InChI=1S/C73H139N2O7P/c1-7-10-13-16-19-22-25-27-29-31-33-35-36-37-38-40-41-43-45-47-50-53-56-59-62-65-72(76)74-70(69-81-83(78,79)80-68-67-75(4,5)6)71(64-61-58-55-52-49-24-21-18-15-12-9-3)82-73(77)66-63-60-57-54-51-48-46-44-42-39-34-32-30-28-26-23-20-17-14-11-8-2/h20,23,28,30,34,39,61,64,70-71H,7-19,21-22,24-27,29,31-33,35-38,40-60,62-63,65-69H2,1-6H3,(H-,74,76,78,79)/p+1/b23-20-,30-28-,39-34-,64-61+. The van der Waals surface area contributed by atoms with Crippen LogP contribution in [0.25, 0.3) is 0 Å². The fraction of sp³-hybridized carbons (Fsp3) is 0.863. The Bertz CT molecular complexity index is 1560. The molecule has 0 saturated heterocycles. The van der Waals surface area contributed by atoms with Gasteiger partial charge in [0.1, 0.15) is 19.3 Å². The first-order valence-electron chi connectivity index (χ1n) is 36.0. The van der Waals surface area contributed by atoms with Gasteiger partial charge in [-0.05, 0) is 70.3 Å². The molecule has 0 aromatic heterocycles. The number of rotatable bonds is 66. The van der Waals surface area contributed by atoms with Crippen molar-refractivity contribution in [3.63, 3.8) is 0 Å². The minimum atomic E-state index is -4.45. The highest BCUT2D eigenvalue weighted by molar-refractivity contribution is 7.47. The summed E-state index contributed by atoms with van der Waals surface area (Å²) in [4.78, 5) is 37.9. The molecule has 3 atom stereocenters. The second kappa shape index (κ2) is 63.0. The summed E-state index contributed by atoms with van der Waals surface area (Å²) < 4.78 is 30.8. The quantitative estimate of drug-likeness (QED) is 0.0205. The molecule has 0 aromatic rings. The van der Waals surface area contributed by atoms with E-state index in [9.17, 15) is 19.0 Å². The maximum Gasteiger partial charge on any atom is 0.472 e. The normalized spacial score (nSPS) is 13.8. The third-order valence-corrected chi connectivity index (χ3v) is 17.3. The maximum atomic E-state index is 13.6. The van der Waals surface area contributed by atoms with Crippen molar-refractivity contribution in [1.29, 1.82) is 0 Å². The highest BCUT2D eigenvalue weighted by Crippen LogP contribution is 2.43. The predicted octanol–water partition coefficient (Wildman–Crippen LogP) is 22.8. The van der Waals surface area contributed by atoms with E-state index in [1.807, 2.05) is 33.3 Å². The van der Waals surface area contributed by atoms with Crippen LogP contribution in [0.15, 0.2) is 48.6 Å². The van der Waals surface area contributed by atoms with Crippen LogP contribution in [0.2, 0.25) is 0 Å². The van der Waals surface area contributed by atoms with Crippen LogP contribution in [-0.4, -0.2) is 74.3 Å². The molecule has 2 N–H and O–H groups in total. The van der Waals surface area contributed by atoms with Gasteiger partial charge in [-0.1, -0.05) is 320 Å². The van der Waals surface area contributed by atoms with Gasteiger partial charge in [-0.2, -0.15) is 0 Å². The second-order valence-corrected chi connectivity index (χ2v) is 27.2. The average molecular weight is 1190 g/mol. The number of nitrogens with one attached hydrogen (secondary N) is 1. The highest BCUT2D eigenvalue weighted by atomic mass is 31.2. The van der Waals surface area contributed by atoms with E-state index >= 15 is 0 Å². The fourth-order valence-corrected chi connectivity index (χ4v) is 11.5. The molecular weight excluding hydrogens is 1050 g/mol. The summed E-state index contributed by atoms with van der Waals surface area (Å²) in [5.74, 6) is -0.497. The molecule has 1 amide bonds. The largest absolute Gasteiger partial charge is 0.472 e. The predicted molar refractivity (Wildman–Crippen MR) is 360 cm³/mol. The van der Waals surface area contributed by atoms with E-state index in [0.717, 1.165) is 83.5 Å². The Morgan fingerprint density at radius 1 is 0.422 bits per heavy atom. The molecule has 83 heavy (non-hydrogen) atoms. The Labute approximate surface area is 516 Å². The molecule has 0 rings (SSSR count). The van der Waals surface area contributed by atoms with Crippen LogP contribution in [0.4, 0.5) is 0 Å². The summed E-state index contributed by atoms with van der Waals surface area (Å²) in [7, 11) is 1.50. The molecule has 488 valence electrons. The van der Waals surface area contributed by atoms with Gasteiger partial charge >= 0.3 is 13.8 Å². The highest BCUT2D eigenvalue weighted by Gasteiger charge is 2.30. The number of carbonyl (C=O) groups is 2. The first kappa shape index (κ1) is 81.0. The van der Waals surface area contributed by atoms with Gasteiger partial charge in [0.05, 0.1) is 33.8 Å². The number of hydrogen-bond donors (Lipinski definition) is 2. The molecule has 3 unspecified atom stereocenters. The van der Waals surface area contributed by atoms with Crippen molar-refractivity contribution in [2.45, 2.75) is 367 Å². The SMILES string of the molecule is CCCCC/C=C\C/C=C\C/C=C\CCCCCCCCCCC(=O)OC(/C=C/CCCCCCCCCCC)C(COP(=O)(O)OCC[N+](C)(C)C)NC(=O)CCCCCCCCCCCCCCCCCCCCCCCCCCC. The number of likely N-dealkylation sites (N-methyl/N-ethyl adjacent to an activating group) is 1. The zero-order valence-corrected chi connectivity index (χ0v) is 56.8. The van der Waals surface area contributed by atoms with Crippen molar-refractivity contribution < 1.29 is 37.3 Å². The van der Waals surface area contributed by atoms with E-state index in [4.69, 9.17) is 13.8 Å². The van der Waals surface area contributed by atoms with Crippen molar-refractivity contribution in [2.75, 3.05) is 40.9 Å². The van der Waals surface area contributed by atoms with Crippen LogP contribution in [0.5, 0.6) is 0 Å². The van der Waals surface area contributed by atoms with Crippen LogP contribution in [0.3, 0.4) is 0 Å². The monoisotopic (exact) mass is 1190 g/mol. The summed E-state index contributed by atoms with van der Waals surface area (Å²) in [6.07, 6.45) is 79.9. The molecule has 10 heteroatoms. The summed E-state index contributed by atoms with van der Waals surface area (Å²) in [6.45, 7) is 7.03. The van der Waals surface area contributed by atoms with Crippen molar-refractivity contribution in [1.82, 2.24) is 5.32 Å². The molecule has 0 aliphatic heterocycles. The van der Waals surface area contributed by atoms with Crippen molar-refractivity contribution >= 4 is 19.7 Å². The third-order valence-electron chi connectivity index (χ3n) is 16.3. The third kappa shape index (κ3) is 64.3. The number of allylic oxidation sites excluding steroid dienone is 7. The molecular formula is C73H140N2O7P+. The Morgan fingerprint density at radius 3 is 1.12 bits per heavy atom. The number of phosphoric acid groups is 1. The van der Waals surface area contributed by atoms with E-state index in [1.54, 1.807) is 0 Å². The number of hydrogen-bond acceptors (Lipinski definition) is 6. The van der Waals surface area contributed by atoms with Gasteiger partial charge in [-0.15, -0.1) is 0 Å². The van der Waals surface area contributed by atoms with E-state index < -0.39 is 20.0 Å². The van der Waals surface area contributed by atoms with Crippen LogP contribution < -0.4 is 5.32 Å². The summed E-state index contributed by atoms with van der Waals surface area (Å²) >= 11 is 0. The average Bonchev–Trinajstić information content (AvgIpc) is 3.51. The molecule has 0 fully saturated rings. The molecule has 9 nitrogen and oxygen atoms in total. The smallest absolute Gasteiger partial charge is 0.456 e. The number of esters is 1. The zero-order chi connectivity index (χ0) is 60.7. The molecule has 0 spiro atoms. The van der Waals surface area contributed by atoms with E-state index in [0.29, 0.717) is 17.4 Å². The molecule has 0 bridgehead atoms. The van der Waals surface area contributed by atoms with Gasteiger partial charge in [0.25, 0.3) is 0 Å². The number of unbranched alkanes of at least 4 members (excludes halogenated alkanes) is 44. The molecule has 0 aliphatic rings. The first-order valence-corrected chi connectivity index (χ1v) is 37.5. The van der Waals surface area contributed by atoms with Crippen molar-refractivity contribution in [3.05, 3.63) is 48.6 Å². The van der Waals surface area contributed by atoms with E-state index in [1.165, 1.54) is 238 Å². The van der Waals surface area contributed by atoms with Crippen LogP contribution in [-0.2, 0) is 27.9 Å². The molecule has 0 aliphatic carbocycles. The fourth-order valence-electron chi connectivity index (χ4n) is 10.7. The molecule has 0 saturated carbocycles. The number of carbonyl (C=O) groups excluding carboxylic acids is 2. The Morgan fingerprint density at radius 2 is 0.735 bits per heavy atom. The summed E-state index contributed by atoms with van der Waals surface area (Å²) in [5, 5.41) is 3.07. The van der Waals surface area contributed by atoms with Gasteiger partial charge in [-0.25, -0.2) is 4.57 Å². The van der Waals surface area contributed by atoms with E-state index in [2.05, 4.69) is 62.5 Å². The van der Waals surface area contributed by atoms with Gasteiger partial charge in [0.15, 0.2) is 0 Å². The lowest BCUT2D eigenvalue weighted by Gasteiger charge is -2.27. The number of phosphoric ester groups is 1. The zero-order valence-electron chi connectivity index (χ0n) is 56.0. The van der Waals surface area contributed by atoms with E-state index in [-0.39, 0.29) is 31.5 Å². The Balaban J connectivity index is 4.99. The van der Waals surface area contributed by atoms with Gasteiger partial charge in [0.2, 0.25) is 5.91 Å². The van der Waals surface area contributed by atoms with Crippen molar-refractivity contribution in [2.24, 2.45) is 0 Å². The maximum absolute atomic E-state index is 13.6. The van der Waals surface area contributed by atoms with Crippen LogP contribution in [0, 0.1) is 0 Å². The minimum Gasteiger partial charge on any atom is -0.456 e. The first-order chi connectivity index (χ1) is 40.4. The van der Waals surface area contributed by atoms with Gasteiger partial charge in [-0.3, -0.25) is 18.6 Å². The molecule has 0 radical (unpaired) electrons. The van der Waals surface area contributed by atoms with Crippen LogP contribution >= 0.6 is 7.82 Å². The van der Waals surface area contributed by atoms with Crippen molar-refractivity contribution in [3.8, 4) is 0 Å². The summed E-state index contributed by atoms with van der Waals surface area (Å²) in [5.41, 5.74) is 0.